The topological polar surface area (TPSA) is 119 Å². The number of aliphatic hydroxyl groups excluding tert-OH is 3. The van der Waals surface area contributed by atoms with Crippen LogP contribution in [0, 0.1) is 46.3 Å². The summed E-state index contributed by atoms with van der Waals surface area (Å²) < 4.78 is 0. The Balaban J connectivity index is 1.38. The first-order valence-electron chi connectivity index (χ1n) is 14.2. The van der Waals surface area contributed by atoms with Crippen LogP contribution in [-0.2, 0) is 9.59 Å². The van der Waals surface area contributed by atoms with Crippen LogP contribution < -0.4 is 10.6 Å². The van der Waals surface area contributed by atoms with Gasteiger partial charge in [0.25, 0.3) is 0 Å². The van der Waals surface area contributed by atoms with Crippen molar-refractivity contribution in [3.05, 3.63) is 12.7 Å². The summed E-state index contributed by atoms with van der Waals surface area (Å²) in [7, 11) is 0. The lowest BCUT2D eigenvalue weighted by atomic mass is 9.43. The minimum Gasteiger partial charge on any atom is -0.393 e. The molecule has 0 saturated heterocycles. The molecule has 0 aromatic rings. The Kier molecular flexibility index (Phi) is 8.23. The molecule has 4 fully saturated rings. The van der Waals surface area contributed by atoms with Gasteiger partial charge in [-0.1, -0.05) is 27.4 Å². The van der Waals surface area contributed by atoms with Crippen molar-refractivity contribution < 1.29 is 24.9 Å². The molecule has 4 rings (SSSR count). The molecule has 0 bridgehead atoms. The summed E-state index contributed by atoms with van der Waals surface area (Å²) in [6.45, 7) is 11.0. The van der Waals surface area contributed by atoms with Crippen molar-refractivity contribution in [3.8, 4) is 0 Å². The lowest BCUT2D eigenvalue weighted by molar-refractivity contribution is -0.207. The van der Waals surface area contributed by atoms with Gasteiger partial charge in [0.2, 0.25) is 11.8 Å². The summed E-state index contributed by atoms with van der Waals surface area (Å²) in [6, 6.07) is 0. The van der Waals surface area contributed by atoms with E-state index >= 15 is 0 Å². The number of hydrogen-bond donors (Lipinski definition) is 5. The first-order valence-corrected chi connectivity index (χ1v) is 14.2. The zero-order chi connectivity index (χ0) is 26.3. The molecule has 5 N–H and O–H groups in total. The molecule has 7 heteroatoms. The molecule has 0 aromatic heterocycles. The van der Waals surface area contributed by atoms with Gasteiger partial charge < -0.3 is 26.0 Å². The van der Waals surface area contributed by atoms with E-state index in [0.29, 0.717) is 49.1 Å². The molecule has 4 saturated carbocycles. The van der Waals surface area contributed by atoms with Gasteiger partial charge >= 0.3 is 0 Å². The van der Waals surface area contributed by atoms with Gasteiger partial charge in [-0.15, -0.1) is 0 Å². The third-order valence-corrected chi connectivity index (χ3v) is 11.3. The van der Waals surface area contributed by atoms with E-state index in [1.165, 1.54) is 6.08 Å². The number of fused-ring (bicyclic) bond motifs is 5. The van der Waals surface area contributed by atoms with Crippen molar-refractivity contribution in [2.24, 2.45) is 46.3 Å². The van der Waals surface area contributed by atoms with Crippen LogP contribution in [0.5, 0.6) is 0 Å². The van der Waals surface area contributed by atoms with Crippen LogP contribution in [0.1, 0.15) is 78.6 Å². The number of rotatable bonds is 8. The number of carbonyl (C=O) groups excluding carboxylic acids is 2. The predicted octanol–water partition coefficient (Wildman–Crippen LogP) is 2.78. The fraction of sp³-hybridized carbons (Fsp3) is 0.862. The molecular weight excluding hydrogens is 456 g/mol. The van der Waals surface area contributed by atoms with Crippen LogP contribution >= 0.6 is 0 Å². The lowest BCUT2D eigenvalue weighted by Crippen LogP contribution is -2.62. The summed E-state index contributed by atoms with van der Waals surface area (Å²) in [6.07, 6.45) is 7.52. The first-order chi connectivity index (χ1) is 17.0. The van der Waals surface area contributed by atoms with Crippen molar-refractivity contribution in [2.45, 2.75) is 96.9 Å². The summed E-state index contributed by atoms with van der Waals surface area (Å²) in [5.41, 5.74) is -0.164. The standard InChI is InChI=1S/C29H48N2O5/c1-5-25(35)30-12-13-31-26(36)9-6-17(2)20-7-8-21-27-22(16-24(34)29(20,21)4)28(3)11-10-19(32)14-18(28)15-23(27)33/h5,17-24,27,32-34H,1,6-16H2,2-4H3,(H,30,35)(H,31,36). The normalized spacial score (nSPS) is 44.5. The van der Waals surface area contributed by atoms with Gasteiger partial charge in [0.05, 0.1) is 18.3 Å². The summed E-state index contributed by atoms with van der Waals surface area (Å²) in [4.78, 5) is 23.6. The third-order valence-electron chi connectivity index (χ3n) is 11.3. The maximum absolute atomic E-state index is 12.4. The van der Waals surface area contributed by atoms with E-state index in [-0.39, 0.29) is 40.8 Å². The number of amides is 2. The largest absolute Gasteiger partial charge is 0.393 e. The molecule has 36 heavy (non-hydrogen) atoms. The van der Waals surface area contributed by atoms with Crippen LogP contribution in [0.2, 0.25) is 0 Å². The summed E-state index contributed by atoms with van der Waals surface area (Å²) in [5.74, 6) is 1.49. The molecule has 0 aliphatic heterocycles. The second-order valence-electron chi connectivity index (χ2n) is 12.9. The average molecular weight is 505 g/mol. The zero-order valence-corrected chi connectivity index (χ0v) is 22.4. The van der Waals surface area contributed by atoms with Crippen molar-refractivity contribution in [3.63, 3.8) is 0 Å². The van der Waals surface area contributed by atoms with Gasteiger partial charge in [0.15, 0.2) is 0 Å². The molecule has 0 aromatic carbocycles. The Morgan fingerprint density at radius 1 is 1.03 bits per heavy atom. The quantitative estimate of drug-likeness (QED) is 0.257. The number of nitrogens with one attached hydrogen (secondary N) is 2. The van der Waals surface area contributed by atoms with E-state index in [2.05, 4.69) is 38.0 Å². The van der Waals surface area contributed by atoms with E-state index < -0.39 is 6.10 Å². The molecule has 11 unspecified atom stereocenters. The van der Waals surface area contributed by atoms with Crippen molar-refractivity contribution >= 4 is 11.8 Å². The molecular formula is C29H48N2O5. The van der Waals surface area contributed by atoms with Crippen molar-refractivity contribution in [1.29, 1.82) is 0 Å². The SMILES string of the molecule is C=CC(=O)NCCNC(=O)CCC(C)C1CCC2C3C(O)CC4CC(O)CCC4(C)C3CC(O)C12C. The highest BCUT2D eigenvalue weighted by atomic mass is 16.3. The molecule has 2 amide bonds. The zero-order valence-electron chi connectivity index (χ0n) is 22.4. The number of aliphatic hydroxyl groups is 3. The second-order valence-corrected chi connectivity index (χ2v) is 12.9. The predicted molar refractivity (Wildman–Crippen MR) is 139 cm³/mol. The van der Waals surface area contributed by atoms with Gasteiger partial charge in [-0.25, -0.2) is 0 Å². The Morgan fingerprint density at radius 3 is 2.47 bits per heavy atom. The average Bonchev–Trinajstić information content (AvgIpc) is 3.20. The van der Waals surface area contributed by atoms with E-state index in [4.69, 9.17) is 0 Å². The van der Waals surface area contributed by atoms with Crippen LogP contribution in [0.15, 0.2) is 12.7 Å². The smallest absolute Gasteiger partial charge is 0.243 e. The van der Waals surface area contributed by atoms with E-state index in [1.54, 1.807) is 0 Å². The fourth-order valence-electron chi connectivity index (χ4n) is 9.24. The first kappa shape index (κ1) is 27.6. The fourth-order valence-corrected chi connectivity index (χ4v) is 9.24. The monoisotopic (exact) mass is 504 g/mol. The van der Waals surface area contributed by atoms with Crippen LogP contribution in [0.25, 0.3) is 0 Å². The maximum atomic E-state index is 12.4. The van der Waals surface area contributed by atoms with Crippen molar-refractivity contribution in [2.75, 3.05) is 13.1 Å². The van der Waals surface area contributed by atoms with Gasteiger partial charge in [-0.2, -0.15) is 0 Å². The van der Waals surface area contributed by atoms with E-state index in [9.17, 15) is 24.9 Å². The van der Waals surface area contributed by atoms with E-state index in [1.807, 2.05) is 0 Å². The maximum Gasteiger partial charge on any atom is 0.243 e. The van der Waals surface area contributed by atoms with Gasteiger partial charge in [-0.3, -0.25) is 9.59 Å². The second kappa shape index (κ2) is 10.7. The highest BCUT2D eigenvalue weighted by molar-refractivity contribution is 5.86. The summed E-state index contributed by atoms with van der Waals surface area (Å²) in [5, 5.41) is 38.9. The van der Waals surface area contributed by atoms with Crippen LogP contribution in [0.4, 0.5) is 0 Å². The Labute approximate surface area is 216 Å². The van der Waals surface area contributed by atoms with Crippen LogP contribution in [-0.4, -0.2) is 58.5 Å². The highest BCUT2D eigenvalue weighted by Crippen LogP contribution is 2.68. The molecule has 4 aliphatic carbocycles. The molecule has 4 aliphatic rings. The molecule has 11 atom stereocenters. The molecule has 7 nitrogen and oxygen atoms in total. The highest BCUT2D eigenvalue weighted by Gasteiger charge is 2.65. The Bertz CT molecular complexity index is 834. The third kappa shape index (κ3) is 4.88. The minimum atomic E-state index is -0.407. The van der Waals surface area contributed by atoms with Gasteiger partial charge in [0.1, 0.15) is 0 Å². The lowest BCUT2D eigenvalue weighted by Gasteiger charge is -2.63. The Hall–Kier alpha value is -1.44. The van der Waals surface area contributed by atoms with Gasteiger partial charge in [0, 0.05) is 19.5 Å². The van der Waals surface area contributed by atoms with E-state index in [0.717, 1.165) is 51.4 Å². The van der Waals surface area contributed by atoms with Gasteiger partial charge in [-0.05, 0) is 104 Å². The number of carbonyl (C=O) groups is 2. The molecule has 0 spiro atoms. The number of hydrogen-bond acceptors (Lipinski definition) is 5. The Morgan fingerprint density at radius 2 is 1.75 bits per heavy atom. The molecule has 0 heterocycles. The van der Waals surface area contributed by atoms with Crippen LogP contribution in [0.3, 0.4) is 0 Å². The molecule has 0 radical (unpaired) electrons. The summed E-state index contributed by atoms with van der Waals surface area (Å²) >= 11 is 0. The molecule has 204 valence electrons. The van der Waals surface area contributed by atoms with Crippen molar-refractivity contribution in [1.82, 2.24) is 10.6 Å². The minimum absolute atomic E-state index is 0.0141.